The fourth-order valence-electron chi connectivity index (χ4n) is 3.14. The largest absolute Gasteiger partial charge is 0.356 e. The van der Waals surface area contributed by atoms with Crippen LogP contribution in [0.4, 0.5) is 0 Å². The predicted molar refractivity (Wildman–Crippen MR) is 131 cm³/mol. The van der Waals surface area contributed by atoms with E-state index < -0.39 is 10.0 Å². The number of hydrogen-bond donors (Lipinski definition) is 2. The zero-order chi connectivity index (χ0) is 20.7. The lowest BCUT2D eigenvalue weighted by Crippen LogP contribution is -2.37. The maximum Gasteiger partial charge on any atom is 0.243 e. The molecule has 0 unspecified atom stereocenters. The third-order valence-corrected chi connectivity index (χ3v) is 6.94. The molecule has 1 aromatic heterocycles. The summed E-state index contributed by atoms with van der Waals surface area (Å²) >= 11 is 5.79. The summed E-state index contributed by atoms with van der Waals surface area (Å²) in [4.78, 5) is 8.63. The molecular formula is C20H27ClIN5O2S. The van der Waals surface area contributed by atoms with E-state index in [1.807, 2.05) is 18.2 Å². The summed E-state index contributed by atoms with van der Waals surface area (Å²) in [6.07, 6.45) is 4.43. The van der Waals surface area contributed by atoms with Gasteiger partial charge in [-0.1, -0.05) is 29.8 Å². The minimum absolute atomic E-state index is 0. The minimum Gasteiger partial charge on any atom is -0.356 e. The van der Waals surface area contributed by atoms with Gasteiger partial charge in [-0.25, -0.2) is 13.4 Å². The smallest absolute Gasteiger partial charge is 0.243 e. The first-order valence-electron chi connectivity index (χ1n) is 9.63. The van der Waals surface area contributed by atoms with E-state index in [4.69, 9.17) is 11.6 Å². The summed E-state index contributed by atoms with van der Waals surface area (Å²) in [6, 6.07) is 10.7. The molecule has 1 fully saturated rings. The first kappa shape index (κ1) is 24.8. The van der Waals surface area contributed by atoms with Gasteiger partial charge in [0.05, 0.1) is 4.90 Å². The lowest BCUT2D eigenvalue weighted by Gasteiger charge is -2.16. The van der Waals surface area contributed by atoms with E-state index in [-0.39, 0.29) is 24.0 Å². The van der Waals surface area contributed by atoms with Crippen molar-refractivity contribution in [1.29, 1.82) is 0 Å². The Morgan fingerprint density at radius 2 is 1.77 bits per heavy atom. The summed E-state index contributed by atoms with van der Waals surface area (Å²) in [7, 11) is -1.66. The third kappa shape index (κ3) is 6.79. The van der Waals surface area contributed by atoms with Crippen LogP contribution < -0.4 is 10.6 Å². The highest BCUT2D eigenvalue weighted by molar-refractivity contribution is 14.0. The molecule has 0 saturated carbocycles. The molecule has 1 aromatic carbocycles. The van der Waals surface area contributed by atoms with Gasteiger partial charge in [0.1, 0.15) is 5.15 Å². The number of nitrogens with zero attached hydrogens (tertiary/aromatic N) is 3. The SMILES string of the molecule is CN=C(NCCc1ccc(Cl)nc1)NCc1ccc(S(=O)(=O)N2CCCC2)cc1.I. The van der Waals surface area contributed by atoms with Crippen LogP contribution in [0.1, 0.15) is 24.0 Å². The Labute approximate surface area is 200 Å². The molecule has 1 aliphatic rings. The number of aromatic nitrogens is 1. The van der Waals surface area contributed by atoms with Crippen LogP contribution in [0.25, 0.3) is 0 Å². The topological polar surface area (TPSA) is 86.7 Å². The standard InChI is InChI=1S/C20H26ClN5O2S.HI/c1-22-20(23-11-10-17-6-9-19(21)24-14-17)25-15-16-4-7-18(8-5-16)29(27,28)26-12-2-3-13-26;/h4-9,14H,2-3,10-13,15H2,1H3,(H2,22,23,25);1H. The number of sulfonamides is 1. The highest BCUT2D eigenvalue weighted by atomic mass is 127. The third-order valence-electron chi connectivity index (χ3n) is 4.80. The van der Waals surface area contributed by atoms with E-state index in [1.165, 1.54) is 0 Å². The molecule has 0 bridgehead atoms. The number of pyridine rings is 1. The molecule has 3 rings (SSSR count). The summed E-state index contributed by atoms with van der Waals surface area (Å²) in [6.45, 7) is 2.47. The molecule has 0 amide bonds. The Balaban J connectivity index is 0.00000320. The fourth-order valence-corrected chi connectivity index (χ4v) is 4.77. The van der Waals surface area contributed by atoms with Crippen molar-refractivity contribution in [1.82, 2.24) is 19.9 Å². The molecule has 0 atom stereocenters. The Morgan fingerprint density at radius 3 is 2.37 bits per heavy atom. The zero-order valence-electron chi connectivity index (χ0n) is 16.8. The second kappa shape index (κ2) is 11.8. The average Bonchev–Trinajstić information content (AvgIpc) is 3.28. The van der Waals surface area contributed by atoms with Crippen molar-refractivity contribution in [3.05, 3.63) is 58.9 Å². The van der Waals surface area contributed by atoms with Crippen LogP contribution in [0.2, 0.25) is 5.15 Å². The van der Waals surface area contributed by atoms with Crippen molar-refractivity contribution < 1.29 is 8.42 Å². The molecule has 0 spiro atoms. The van der Waals surface area contributed by atoms with Crippen molar-refractivity contribution in [3.8, 4) is 0 Å². The van der Waals surface area contributed by atoms with E-state index >= 15 is 0 Å². The van der Waals surface area contributed by atoms with Gasteiger partial charge in [0.2, 0.25) is 10.0 Å². The highest BCUT2D eigenvalue weighted by Crippen LogP contribution is 2.21. The Bertz CT molecular complexity index is 931. The monoisotopic (exact) mass is 563 g/mol. The van der Waals surface area contributed by atoms with Gasteiger partial charge in [-0.15, -0.1) is 24.0 Å². The van der Waals surface area contributed by atoms with Gasteiger partial charge in [0, 0.05) is 39.4 Å². The van der Waals surface area contributed by atoms with Gasteiger partial charge in [-0.05, 0) is 48.6 Å². The number of guanidine groups is 1. The van der Waals surface area contributed by atoms with Gasteiger partial charge in [0.15, 0.2) is 5.96 Å². The van der Waals surface area contributed by atoms with E-state index in [0.717, 1.165) is 30.4 Å². The van der Waals surface area contributed by atoms with E-state index in [0.29, 0.717) is 42.2 Å². The molecule has 7 nitrogen and oxygen atoms in total. The van der Waals surface area contributed by atoms with Crippen LogP contribution in [-0.2, 0) is 23.0 Å². The van der Waals surface area contributed by atoms with Crippen LogP contribution in [0.3, 0.4) is 0 Å². The van der Waals surface area contributed by atoms with Gasteiger partial charge in [-0.3, -0.25) is 4.99 Å². The van der Waals surface area contributed by atoms with Crippen molar-refractivity contribution >= 4 is 51.6 Å². The van der Waals surface area contributed by atoms with Gasteiger partial charge >= 0.3 is 0 Å². The molecule has 2 heterocycles. The summed E-state index contributed by atoms with van der Waals surface area (Å²) < 4.78 is 26.7. The molecule has 30 heavy (non-hydrogen) atoms. The lowest BCUT2D eigenvalue weighted by molar-refractivity contribution is 0.477. The first-order valence-corrected chi connectivity index (χ1v) is 11.4. The Kier molecular flexibility index (Phi) is 9.79. The van der Waals surface area contributed by atoms with Crippen molar-refractivity contribution in [2.75, 3.05) is 26.7 Å². The molecule has 0 radical (unpaired) electrons. The van der Waals surface area contributed by atoms with Crippen molar-refractivity contribution in [2.45, 2.75) is 30.7 Å². The average molecular weight is 564 g/mol. The maximum atomic E-state index is 12.6. The van der Waals surface area contributed by atoms with Crippen LogP contribution in [0.15, 0.2) is 52.5 Å². The second-order valence-electron chi connectivity index (χ2n) is 6.85. The predicted octanol–water partition coefficient (Wildman–Crippen LogP) is 3.05. The first-order chi connectivity index (χ1) is 14.0. The number of hydrogen-bond acceptors (Lipinski definition) is 4. The summed E-state index contributed by atoms with van der Waals surface area (Å²) in [5.74, 6) is 0.681. The van der Waals surface area contributed by atoms with Gasteiger partial charge in [-0.2, -0.15) is 4.31 Å². The number of rotatable bonds is 7. The molecule has 1 saturated heterocycles. The fraction of sp³-hybridized carbons (Fsp3) is 0.400. The minimum atomic E-state index is -3.37. The molecule has 2 N–H and O–H groups in total. The van der Waals surface area contributed by atoms with Crippen LogP contribution in [0.5, 0.6) is 0 Å². The molecule has 2 aromatic rings. The highest BCUT2D eigenvalue weighted by Gasteiger charge is 2.26. The van der Waals surface area contributed by atoms with Crippen LogP contribution in [-0.4, -0.2) is 50.3 Å². The van der Waals surface area contributed by atoms with E-state index in [9.17, 15) is 8.42 Å². The normalized spacial score (nSPS) is 14.9. The maximum absolute atomic E-state index is 12.6. The molecule has 0 aliphatic carbocycles. The number of aliphatic imine (C=N–C) groups is 1. The summed E-state index contributed by atoms with van der Waals surface area (Å²) in [5, 5.41) is 6.97. The Morgan fingerprint density at radius 1 is 1.10 bits per heavy atom. The second-order valence-corrected chi connectivity index (χ2v) is 9.17. The van der Waals surface area contributed by atoms with Crippen LogP contribution >= 0.6 is 35.6 Å². The van der Waals surface area contributed by atoms with Crippen molar-refractivity contribution in [2.24, 2.45) is 4.99 Å². The lowest BCUT2D eigenvalue weighted by atomic mass is 10.2. The van der Waals surface area contributed by atoms with E-state index in [1.54, 1.807) is 35.7 Å². The summed E-state index contributed by atoms with van der Waals surface area (Å²) in [5.41, 5.74) is 2.07. The van der Waals surface area contributed by atoms with Gasteiger partial charge in [0.25, 0.3) is 0 Å². The number of benzene rings is 1. The van der Waals surface area contributed by atoms with Crippen LogP contribution in [0, 0.1) is 0 Å². The number of nitrogens with one attached hydrogen (secondary N) is 2. The molecule has 10 heteroatoms. The van der Waals surface area contributed by atoms with Crippen molar-refractivity contribution in [3.63, 3.8) is 0 Å². The molecule has 1 aliphatic heterocycles. The Hall–Kier alpha value is -1.43. The molecule has 164 valence electrons. The quantitative estimate of drug-likeness (QED) is 0.234. The number of halogens is 2. The zero-order valence-corrected chi connectivity index (χ0v) is 20.7. The van der Waals surface area contributed by atoms with Gasteiger partial charge < -0.3 is 10.6 Å². The van der Waals surface area contributed by atoms with E-state index in [2.05, 4.69) is 20.6 Å². The molecular weight excluding hydrogens is 537 g/mol.